The topological polar surface area (TPSA) is 71.4 Å². The highest BCUT2D eigenvalue weighted by Crippen LogP contribution is 2.53. The van der Waals surface area contributed by atoms with Crippen molar-refractivity contribution < 1.29 is 19.1 Å². The summed E-state index contributed by atoms with van der Waals surface area (Å²) in [7, 11) is 1.61. The van der Waals surface area contributed by atoms with E-state index in [-0.39, 0.29) is 12.3 Å². The summed E-state index contributed by atoms with van der Waals surface area (Å²) in [5.74, 6) is 1.12. The standard InChI is InChI=1S/C31H33N3O4/c1-30(2,3)38-29(36)34-24-16-11-17-25(37-4)27(24)31(28(34)32-23-14-9-6-10-15-23)18-19-33(26(35)20-31)21-22-12-7-5-8-13-22/h5-17H,18-21H2,1-4H3. The first-order valence-corrected chi connectivity index (χ1v) is 12.9. The van der Waals surface area contributed by atoms with Gasteiger partial charge in [0.05, 0.1) is 23.9 Å². The maximum absolute atomic E-state index is 13.8. The van der Waals surface area contributed by atoms with Crippen LogP contribution in [-0.2, 0) is 21.5 Å². The summed E-state index contributed by atoms with van der Waals surface area (Å²) < 4.78 is 11.7. The molecule has 196 valence electrons. The lowest BCUT2D eigenvalue weighted by atomic mass is 9.72. The third-order valence-electron chi connectivity index (χ3n) is 6.98. The maximum Gasteiger partial charge on any atom is 0.420 e. The number of benzene rings is 3. The third-order valence-corrected chi connectivity index (χ3v) is 6.98. The number of likely N-dealkylation sites (tertiary alicyclic amines) is 1. The SMILES string of the molecule is COc1cccc2c1C1(CCN(Cc3ccccc3)C(=O)C1)C(=Nc1ccccc1)N2C(=O)OC(C)(C)C. The molecule has 5 rings (SSSR count). The number of aliphatic imine (C=N–C) groups is 1. The molecule has 0 aromatic heterocycles. The predicted molar refractivity (Wildman–Crippen MR) is 148 cm³/mol. The Morgan fingerprint density at radius 3 is 2.29 bits per heavy atom. The van der Waals surface area contributed by atoms with Crippen LogP contribution in [0.1, 0.15) is 44.7 Å². The average Bonchev–Trinajstić information content (AvgIpc) is 3.15. The summed E-state index contributed by atoms with van der Waals surface area (Å²) in [6.07, 6.45) is 0.222. The molecule has 2 aliphatic rings. The Kier molecular flexibility index (Phi) is 6.69. The number of fused-ring (bicyclic) bond motifs is 2. The number of hydrogen-bond donors (Lipinski definition) is 0. The second-order valence-corrected chi connectivity index (χ2v) is 10.8. The molecule has 1 unspecified atom stereocenters. The maximum atomic E-state index is 13.8. The number of amidine groups is 1. The molecule has 3 aromatic carbocycles. The minimum Gasteiger partial charge on any atom is -0.496 e. The van der Waals surface area contributed by atoms with Gasteiger partial charge in [-0.3, -0.25) is 4.79 Å². The molecule has 7 nitrogen and oxygen atoms in total. The quantitative estimate of drug-likeness (QED) is 0.416. The highest BCUT2D eigenvalue weighted by atomic mass is 16.6. The summed E-state index contributed by atoms with van der Waals surface area (Å²) in [6, 6.07) is 25.1. The predicted octanol–water partition coefficient (Wildman–Crippen LogP) is 6.24. The fourth-order valence-corrected chi connectivity index (χ4v) is 5.36. The molecule has 0 saturated carbocycles. The zero-order valence-corrected chi connectivity index (χ0v) is 22.3. The van der Waals surface area contributed by atoms with Crippen molar-refractivity contribution in [2.24, 2.45) is 4.99 Å². The largest absolute Gasteiger partial charge is 0.496 e. The molecule has 38 heavy (non-hydrogen) atoms. The second kappa shape index (κ2) is 9.97. The van der Waals surface area contributed by atoms with Crippen LogP contribution in [0.3, 0.4) is 0 Å². The molecule has 7 heteroatoms. The van der Waals surface area contributed by atoms with Crippen LogP contribution in [0, 0.1) is 0 Å². The van der Waals surface area contributed by atoms with Crippen LogP contribution in [0.15, 0.2) is 83.9 Å². The molecule has 3 aromatic rings. The van der Waals surface area contributed by atoms with Crippen molar-refractivity contribution in [1.82, 2.24) is 4.90 Å². The van der Waals surface area contributed by atoms with Gasteiger partial charge in [0.25, 0.3) is 0 Å². The normalized spacial score (nSPS) is 20.1. The Bertz CT molecular complexity index is 1360. The van der Waals surface area contributed by atoms with Crippen LogP contribution in [0.2, 0.25) is 0 Å². The zero-order valence-electron chi connectivity index (χ0n) is 22.3. The van der Waals surface area contributed by atoms with Crippen LogP contribution >= 0.6 is 0 Å². The van der Waals surface area contributed by atoms with Gasteiger partial charge in [-0.2, -0.15) is 0 Å². The average molecular weight is 512 g/mol. The molecule has 0 radical (unpaired) electrons. The number of methoxy groups -OCH3 is 1. The van der Waals surface area contributed by atoms with Crippen LogP contribution in [0.25, 0.3) is 0 Å². The van der Waals surface area contributed by atoms with Gasteiger partial charge in [-0.15, -0.1) is 0 Å². The van der Waals surface area contributed by atoms with Crippen LogP contribution in [-0.4, -0.2) is 42.0 Å². The number of anilines is 1. The van der Waals surface area contributed by atoms with Gasteiger partial charge >= 0.3 is 6.09 Å². The van der Waals surface area contributed by atoms with Crippen molar-refractivity contribution in [2.75, 3.05) is 18.6 Å². The second-order valence-electron chi connectivity index (χ2n) is 10.8. The molecule has 2 amide bonds. The van der Waals surface area contributed by atoms with Crippen molar-refractivity contribution in [3.8, 4) is 5.75 Å². The molecule has 1 atom stereocenters. The van der Waals surface area contributed by atoms with Gasteiger partial charge in [0, 0.05) is 25.1 Å². The Morgan fingerprint density at radius 1 is 0.974 bits per heavy atom. The number of nitrogens with zero attached hydrogens (tertiary/aromatic N) is 3. The molecular weight excluding hydrogens is 478 g/mol. The van der Waals surface area contributed by atoms with E-state index < -0.39 is 17.1 Å². The van der Waals surface area contributed by atoms with E-state index in [2.05, 4.69) is 0 Å². The Morgan fingerprint density at radius 2 is 1.66 bits per heavy atom. The van der Waals surface area contributed by atoms with Gasteiger partial charge in [-0.1, -0.05) is 54.6 Å². The highest BCUT2D eigenvalue weighted by Gasteiger charge is 2.56. The Balaban J connectivity index is 1.64. The summed E-state index contributed by atoms with van der Waals surface area (Å²) in [5, 5.41) is 0. The van der Waals surface area contributed by atoms with Gasteiger partial charge in [0.1, 0.15) is 17.2 Å². The van der Waals surface area contributed by atoms with Crippen molar-refractivity contribution in [2.45, 2.75) is 51.2 Å². The van der Waals surface area contributed by atoms with E-state index in [0.29, 0.717) is 42.5 Å². The number of piperidine rings is 1. The van der Waals surface area contributed by atoms with E-state index in [1.165, 1.54) is 4.90 Å². The van der Waals surface area contributed by atoms with E-state index in [1.807, 2.05) is 105 Å². The fourth-order valence-electron chi connectivity index (χ4n) is 5.36. The molecule has 2 heterocycles. The first-order valence-electron chi connectivity index (χ1n) is 12.9. The number of carbonyl (C=O) groups is 2. The fraction of sp³-hybridized carbons (Fsp3) is 0.323. The zero-order chi connectivity index (χ0) is 26.9. The van der Waals surface area contributed by atoms with E-state index in [1.54, 1.807) is 7.11 Å². The monoisotopic (exact) mass is 511 g/mol. The van der Waals surface area contributed by atoms with Crippen LogP contribution in [0.4, 0.5) is 16.2 Å². The summed E-state index contributed by atoms with van der Waals surface area (Å²) in [6.45, 7) is 6.56. The number of para-hydroxylation sites is 1. The Hall–Kier alpha value is -4.13. The lowest BCUT2D eigenvalue weighted by Crippen LogP contribution is -2.52. The molecule has 1 spiro atoms. The first kappa shape index (κ1) is 25.5. The highest BCUT2D eigenvalue weighted by molar-refractivity contribution is 6.25. The lowest BCUT2D eigenvalue weighted by Gasteiger charge is -2.40. The Labute approximate surface area is 223 Å². The number of carbonyl (C=O) groups excluding carboxylic acids is 2. The summed E-state index contributed by atoms with van der Waals surface area (Å²) >= 11 is 0. The molecule has 0 aliphatic carbocycles. The van der Waals surface area contributed by atoms with E-state index in [9.17, 15) is 9.59 Å². The molecule has 2 aliphatic heterocycles. The van der Waals surface area contributed by atoms with Gasteiger partial charge in [-0.25, -0.2) is 14.7 Å². The first-order chi connectivity index (χ1) is 18.2. The van der Waals surface area contributed by atoms with Crippen LogP contribution in [0.5, 0.6) is 5.75 Å². The molecular formula is C31H33N3O4. The van der Waals surface area contributed by atoms with Crippen molar-refractivity contribution in [3.05, 3.63) is 90.0 Å². The smallest absolute Gasteiger partial charge is 0.420 e. The lowest BCUT2D eigenvalue weighted by molar-refractivity contribution is -0.135. The van der Waals surface area contributed by atoms with Crippen molar-refractivity contribution >= 4 is 29.2 Å². The number of rotatable bonds is 4. The van der Waals surface area contributed by atoms with Gasteiger partial charge in [0.15, 0.2) is 0 Å². The summed E-state index contributed by atoms with van der Waals surface area (Å²) in [4.78, 5) is 35.9. The number of amides is 2. The van der Waals surface area contributed by atoms with Crippen LogP contribution < -0.4 is 9.64 Å². The third kappa shape index (κ3) is 4.76. The molecule has 1 saturated heterocycles. The van der Waals surface area contributed by atoms with E-state index in [0.717, 1.165) is 11.1 Å². The summed E-state index contributed by atoms with van der Waals surface area (Å²) in [5.41, 5.74) is 1.65. The molecule has 1 fully saturated rings. The van der Waals surface area contributed by atoms with Gasteiger partial charge < -0.3 is 14.4 Å². The van der Waals surface area contributed by atoms with Crippen molar-refractivity contribution in [3.63, 3.8) is 0 Å². The van der Waals surface area contributed by atoms with E-state index in [4.69, 9.17) is 14.5 Å². The van der Waals surface area contributed by atoms with Crippen molar-refractivity contribution in [1.29, 1.82) is 0 Å². The minimum atomic E-state index is -0.848. The molecule has 0 bridgehead atoms. The van der Waals surface area contributed by atoms with E-state index >= 15 is 0 Å². The van der Waals surface area contributed by atoms with Gasteiger partial charge in [0.2, 0.25) is 5.91 Å². The molecule has 0 N–H and O–H groups in total. The minimum absolute atomic E-state index is 0.00348. The number of hydrogen-bond acceptors (Lipinski definition) is 5. The van der Waals surface area contributed by atoms with Gasteiger partial charge in [-0.05, 0) is 57.0 Å². The number of ether oxygens (including phenoxy) is 2.